The minimum absolute atomic E-state index is 0.0293. The van der Waals surface area contributed by atoms with E-state index < -0.39 is 22.0 Å². The molecule has 2 aliphatic heterocycles. The number of aliphatic hydroxyl groups is 2. The molecule has 5 heteroatoms. The van der Waals surface area contributed by atoms with Crippen molar-refractivity contribution in [1.82, 2.24) is 0 Å². The molecule has 0 aromatic heterocycles. The first kappa shape index (κ1) is 22.3. The van der Waals surface area contributed by atoms with Gasteiger partial charge in [0.15, 0.2) is 5.60 Å². The monoisotopic (exact) mass is 456 g/mol. The number of fused-ring (bicyclic) bond motifs is 4. The molecule has 8 atom stereocenters. The summed E-state index contributed by atoms with van der Waals surface area (Å²) >= 11 is 0. The first-order valence-corrected chi connectivity index (χ1v) is 13.1. The van der Waals surface area contributed by atoms with Gasteiger partial charge in [0, 0.05) is 12.0 Å². The highest BCUT2D eigenvalue weighted by molar-refractivity contribution is 5.87. The van der Waals surface area contributed by atoms with Gasteiger partial charge in [-0.25, -0.2) is 0 Å². The minimum atomic E-state index is -1.25. The van der Waals surface area contributed by atoms with Crippen LogP contribution in [0, 0.1) is 27.6 Å². The lowest BCUT2D eigenvalue weighted by atomic mass is 9.43. The van der Waals surface area contributed by atoms with Crippen molar-refractivity contribution in [2.45, 2.75) is 109 Å². The maximum Gasteiger partial charge on any atom is 0.317 e. The van der Waals surface area contributed by atoms with Gasteiger partial charge in [0.2, 0.25) is 0 Å². The lowest BCUT2D eigenvalue weighted by Gasteiger charge is -2.60. The Hall–Kier alpha value is -1.17. The maximum absolute atomic E-state index is 13.9. The standard InChI is InChI=1S/C28H40O5/c1-23(2)19-9-8-18-17(24(19,3)12-11-20(23)29)10-13-27-22(30)33-26(5,21-7-6-16-32-21)28(27,31)15-14-25(18,27)4/h8,10,19-21,29,31H,6-7,9,11-16H2,1-5H3. The number of carbonyl (C=O) groups is 1. The Labute approximate surface area is 197 Å². The first-order chi connectivity index (χ1) is 15.4. The van der Waals surface area contributed by atoms with Crippen LogP contribution >= 0.6 is 0 Å². The van der Waals surface area contributed by atoms with Crippen LogP contribution in [0.4, 0.5) is 0 Å². The molecule has 0 bridgehead atoms. The highest BCUT2D eigenvalue weighted by Gasteiger charge is 2.83. The summed E-state index contributed by atoms with van der Waals surface area (Å²) in [5.41, 5.74) is -1.27. The number of esters is 1. The van der Waals surface area contributed by atoms with Crippen molar-refractivity contribution in [3.05, 3.63) is 23.3 Å². The van der Waals surface area contributed by atoms with Gasteiger partial charge < -0.3 is 19.7 Å². The number of cyclic esters (lactones) is 1. The van der Waals surface area contributed by atoms with E-state index in [1.54, 1.807) is 0 Å². The summed E-state index contributed by atoms with van der Waals surface area (Å²) in [6.07, 6.45) is 10.3. The van der Waals surface area contributed by atoms with Crippen LogP contribution in [0.2, 0.25) is 0 Å². The van der Waals surface area contributed by atoms with Gasteiger partial charge in [0.05, 0.1) is 12.2 Å². The zero-order valence-electron chi connectivity index (χ0n) is 20.9. The summed E-state index contributed by atoms with van der Waals surface area (Å²) < 4.78 is 12.2. The van der Waals surface area contributed by atoms with E-state index >= 15 is 0 Å². The average Bonchev–Trinajstić information content (AvgIpc) is 3.42. The molecule has 6 rings (SSSR count). The van der Waals surface area contributed by atoms with Crippen molar-refractivity contribution in [2.24, 2.45) is 27.6 Å². The van der Waals surface area contributed by atoms with Crippen molar-refractivity contribution in [1.29, 1.82) is 0 Å². The van der Waals surface area contributed by atoms with Crippen LogP contribution in [0.5, 0.6) is 0 Å². The average molecular weight is 457 g/mol. The molecule has 2 heterocycles. The van der Waals surface area contributed by atoms with Gasteiger partial charge in [-0.05, 0) is 86.2 Å². The van der Waals surface area contributed by atoms with Crippen molar-refractivity contribution >= 4 is 5.97 Å². The fourth-order valence-electron chi connectivity index (χ4n) is 9.63. The largest absolute Gasteiger partial charge is 0.453 e. The van der Waals surface area contributed by atoms with Crippen LogP contribution in [0.1, 0.15) is 86.0 Å². The lowest BCUT2D eigenvalue weighted by Crippen LogP contribution is -2.64. The Morgan fingerprint density at radius 3 is 2.45 bits per heavy atom. The van der Waals surface area contributed by atoms with E-state index in [1.165, 1.54) is 11.1 Å². The summed E-state index contributed by atoms with van der Waals surface area (Å²) in [5.74, 6) is 0.111. The molecule has 8 unspecified atom stereocenters. The molecule has 2 saturated carbocycles. The number of hydrogen-bond acceptors (Lipinski definition) is 5. The molecular formula is C28H40O5. The van der Waals surface area contributed by atoms with Crippen molar-refractivity contribution in [2.75, 3.05) is 6.61 Å². The summed E-state index contributed by atoms with van der Waals surface area (Å²) in [6.45, 7) is 11.6. The van der Waals surface area contributed by atoms with E-state index in [9.17, 15) is 15.0 Å². The van der Waals surface area contributed by atoms with E-state index in [0.717, 1.165) is 38.5 Å². The molecule has 4 fully saturated rings. The van der Waals surface area contributed by atoms with Gasteiger partial charge in [-0.2, -0.15) is 0 Å². The van der Waals surface area contributed by atoms with Gasteiger partial charge in [-0.3, -0.25) is 4.79 Å². The first-order valence-electron chi connectivity index (χ1n) is 13.1. The quantitative estimate of drug-likeness (QED) is 0.570. The molecule has 2 saturated heterocycles. The number of hydrogen-bond donors (Lipinski definition) is 2. The van der Waals surface area contributed by atoms with E-state index in [1.807, 2.05) is 6.92 Å². The van der Waals surface area contributed by atoms with E-state index in [-0.39, 0.29) is 29.0 Å². The van der Waals surface area contributed by atoms with Gasteiger partial charge >= 0.3 is 5.97 Å². The third kappa shape index (κ3) is 2.20. The summed E-state index contributed by atoms with van der Waals surface area (Å²) in [4.78, 5) is 13.9. The number of aliphatic hydroxyl groups excluding tert-OH is 1. The minimum Gasteiger partial charge on any atom is -0.453 e. The second-order valence-electron chi connectivity index (χ2n) is 13.1. The van der Waals surface area contributed by atoms with Gasteiger partial charge in [0.1, 0.15) is 11.0 Å². The van der Waals surface area contributed by atoms with Crippen LogP contribution in [0.15, 0.2) is 23.3 Å². The van der Waals surface area contributed by atoms with E-state index in [4.69, 9.17) is 9.47 Å². The van der Waals surface area contributed by atoms with Crippen LogP contribution < -0.4 is 0 Å². The van der Waals surface area contributed by atoms with Crippen LogP contribution in [-0.2, 0) is 14.3 Å². The number of carbonyl (C=O) groups excluding carboxylic acids is 1. The molecule has 0 radical (unpaired) electrons. The number of allylic oxidation sites excluding steroid dienone is 4. The van der Waals surface area contributed by atoms with Crippen molar-refractivity contribution < 1.29 is 24.5 Å². The molecule has 1 spiro atoms. The molecule has 2 N–H and O–H groups in total. The molecule has 6 aliphatic rings. The van der Waals surface area contributed by atoms with E-state index in [2.05, 4.69) is 39.8 Å². The zero-order valence-corrected chi connectivity index (χ0v) is 20.9. The highest BCUT2D eigenvalue weighted by atomic mass is 16.6. The second-order valence-corrected chi connectivity index (χ2v) is 13.1. The van der Waals surface area contributed by atoms with Crippen LogP contribution in [0.3, 0.4) is 0 Å². The van der Waals surface area contributed by atoms with Crippen molar-refractivity contribution in [3.63, 3.8) is 0 Å². The fraction of sp³-hybridized carbons (Fsp3) is 0.821. The second kappa shape index (κ2) is 6.33. The Morgan fingerprint density at radius 1 is 1.00 bits per heavy atom. The highest BCUT2D eigenvalue weighted by Crippen LogP contribution is 2.76. The third-order valence-electron chi connectivity index (χ3n) is 11.8. The lowest BCUT2D eigenvalue weighted by molar-refractivity contribution is -0.187. The van der Waals surface area contributed by atoms with Gasteiger partial charge in [-0.1, -0.05) is 39.8 Å². The maximum atomic E-state index is 13.9. The Morgan fingerprint density at radius 2 is 1.76 bits per heavy atom. The molecule has 5 nitrogen and oxygen atoms in total. The molecule has 4 aliphatic carbocycles. The van der Waals surface area contributed by atoms with Gasteiger partial charge in [-0.15, -0.1) is 0 Å². The molecule has 0 aromatic rings. The van der Waals surface area contributed by atoms with Crippen LogP contribution in [-0.4, -0.2) is 46.2 Å². The van der Waals surface area contributed by atoms with Crippen molar-refractivity contribution in [3.8, 4) is 0 Å². The summed E-state index contributed by atoms with van der Waals surface area (Å²) in [7, 11) is 0. The Balaban J connectivity index is 1.49. The smallest absolute Gasteiger partial charge is 0.317 e. The SMILES string of the molecule is CC12CCC(O)C(C)(C)C1CC=C1C2=CCC23C(=O)OC(C)(C4CCCO4)C2(O)CCC13C. The van der Waals surface area contributed by atoms with E-state index in [0.29, 0.717) is 25.4 Å². The molecular weight excluding hydrogens is 416 g/mol. The topological polar surface area (TPSA) is 76.0 Å². The number of ether oxygens (including phenoxy) is 2. The predicted molar refractivity (Wildman–Crippen MR) is 124 cm³/mol. The molecule has 0 aromatic carbocycles. The summed E-state index contributed by atoms with van der Waals surface area (Å²) in [6, 6.07) is 0. The fourth-order valence-corrected chi connectivity index (χ4v) is 9.63. The Bertz CT molecular complexity index is 975. The normalized spacial score (nSPS) is 54.5. The zero-order chi connectivity index (χ0) is 23.7. The Kier molecular flexibility index (Phi) is 4.28. The molecule has 182 valence electrons. The molecule has 33 heavy (non-hydrogen) atoms. The number of rotatable bonds is 1. The predicted octanol–water partition coefficient (Wildman–Crippen LogP) is 4.46. The third-order valence-corrected chi connectivity index (χ3v) is 11.8. The molecule has 0 amide bonds. The summed E-state index contributed by atoms with van der Waals surface area (Å²) in [5, 5.41) is 23.2. The van der Waals surface area contributed by atoms with Crippen LogP contribution in [0.25, 0.3) is 0 Å². The van der Waals surface area contributed by atoms with Gasteiger partial charge in [0.25, 0.3) is 0 Å².